The number of benzene rings is 2. The third-order valence-electron chi connectivity index (χ3n) is 3.13. The van der Waals surface area contributed by atoms with Crippen LogP contribution in [0.3, 0.4) is 0 Å². The first-order valence-corrected chi connectivity index (χ1v) is 6.06. The van der Waals surface area contributed by atoms with E-state index in [-0.39, 0.29) is 0 Å². The minimum Gasteiger partial charge on any atom is -0.320 e. The summed E-state index contributed by atoms with van der Waals surface area (Å²) in [5.74, 6) is 2.70. The molecule has 18 heavy (non-hydrogen) atoms. The van der Waals surface area contributed by atoms with E-state index < -0.39 is 5.54 Å². The quantitative estimate of drug-likeness (QED) is 0.810. The van der Waals surface area contributed by atoms with E-state index in [1.54, 1.807) is 0 Å². The highest BCUT2D eigenvalue weighted by molar-refractivity contribution is 5.29. The van der Waals surface area contributed by atoms with Crippen LogP contribution in [0.5, 0.6) is 0 Å². The Morgan fingerprint density at radius 2 is 1.50 bits per heavy atom. The summed E-state index contributed by atoms with van der Waals surface area (Å²) in [4.78, 5) is 0. The third-order valence-corrected chi connectivity index (χ3v) is 3.13. The van der Waals surface area contributed by atoms with E-state index in [1.807, 2.05) is 48.5 Å². The Hall–Kier alpha value is -2.04. The van der Waals surface area contributed by atoms with Crippen molar-refractivity contribution < 1.29 is 0 Å². The molecule has 1 nitrogen and oxygen atoms in total. The molecule has 0 saturated heterocycles. The van der Waals surface area contributed by atoms with E-state index in [9.17, 15) is 0 Å². The largest absolute Gasteiger partial charge is 0.320 e. The van der Waals surface area contributed by atoms with Crippen molar-refractivity contribution in [3.63, 3.8) is 0 Å². The SMILES string of the molecule is C#CCC(N)(Cc1ccccc1)c1ccccc1. The predicted octanol–water partition coefficient (Wildman–Crippen LogP) is 3.11. The lowest BCUT2D eigenvalue weighted by molar-refractivity contribution is 0.453. The van der Waals surface area contributed by atoms with Crippen LogP contribution in [0.2, 0.25) is 0 Å². The van der Waals surface area contributed by atoms with Gasteiger partial charge in [-0.3, -0.25) is 0 Å². The Morgan fingerprint density at radius 1 is 0.944 bits per heavy atom. The molecule has 1 unspecified atom stereocenters. The average molecular weight is 235 g/mol. The van der Waals surface area contributed by atoms with Gasteiger partial charge in [0.05, 0.1) is 5.54 Å². The molecule has 90 valence electrons. The number of rotatable bonds is 4. The van der Waals surface area contributed by atoms with Crippen LogP contribution in [-0.4, -0.2) is 0 Å². The fourth-order valence-electron chi connectivity index (χ4n) is 2.18. The molecule has 2 aromatic carbocycles. The Bertz CT molecular complexity index is 525. The smallest absolute Gasteiger partial charge is 0.0560 e. The van der Waals surface area contributed by atoms with Gasteiger partial charge in [0.25, 0.3) is 0 Å². The molecule has 0 saturated carbocycles. The molecule has 0 spiro atoms. The zero-order chi connectivity index (χ0) is 12.8. The van der Waals surface area contributed by atoms with Crippen LogP contribution in [0.1, 0.15) is 17.5 Å². The van der Waals surface area contributed by atoms with Gasteiger partial charge in [-0.1, -0.05) is 60.7 Å². The molecule has 1 atom stereocenters. The van der Waals surface area contributed by atoms with E-state index in [1.165, 1.54) is 5.56 Å². The lowest BCUT2D eigenvalue weighted by atomic mass is 9.82. The first kappa shape index (κ1) is 12.4. The van der Waals surface area contributed by atoms with Crippen molar-refractivity contribution >= 4 is 0 Å². The number of hydrogen-bond acceptors (Lipinski definition) is 1. The van der Waals surface area contributed by atoms with Gasteiger partial charge in [-0.15, -0.1) is 12.3 Å². The maximum Gasteiger partial charge on any atom is 0.0560 e. The van der Waals surface area contributed by atoms with Gasteiger partial charge in [0.15, 0.2) is 0 Å². The molecule has 0 aromatic heterocycles. The molecule has 0 heterocycles. The minimum atomic E-state index is -0.489. The van der Waals surface area contributed by atoms with Gasteiger partial charge in [-0.2, -0.15) is 0 Å². The Labute approximate surface area is 109 Å². The summed E-state index contributed by atoms with van der Waals surface area (Å²) >= 11 is 0. The van der Waals surface area contributed by atoms with Crippen LogP contribution in [0.25, 0.3) is 0 Å². The van der Waals surface area contributed by atoms with Crippen LogP contribution < -0.4 is 5.73 Å². The van der Waals surface area contributed by atoms with E-state index >= 15 is 0 Å². The molecule has 2 N–H and O–H groups in total. The summed E-state index contributed by atoms with van der Waals surface area (Å²) in [6, 6.07) is 20.3. The topological polar surface area (TPSA) is 26.0 Å². The van der Waals surface area contributed by atoms with Gasteiger partial charge >= 0.3 is 0 Å². The second-order valence-corrected chi connectivity index (χ2v) is 4.57. The molecule has 0 bridgehead atoms. The maximum absolute atomic E-state index is 6.52. The van der Waals surface area contributed by atoms with Crippen molar-refractivity contribution in [2.75, 3.05) is 0 Å². The molecular formula is C17H17N. The summed E-state index contributed by atoms with van der Waals surface area (Å²) < 4.78 is 0. The van der Waals surface area contributed by atoms with Crippen molar-refractivity contribution in [2.24, 2.45) is 5.73 Å². The normalized spacial score (nSPS) is 13.6. The molecule has 1 heteroatoms. The highest BCUT2D eigenvalue weighted by Gasteiger charge is 2.26. The third kappa shape index (κ3) is 2.80. The van der Waals surface area contributed by atoms with Gasteiger partial charge in [0.1, 0.15) is 0 Å². The Balaban J connectivity index is 2.31. The van der Waals surface area contributed by atoms with Crippen LogP contribution in [0.15, 0.2) is 60.7 Å². The summed E-state index contributed by atoms with van der Waals surface area (Å²) in [5, 5.41) is 0. The van der Waals surface area contributed by atoms with Gasteiger partial charge in [0.2, 0.25) is 0 Å². The number of terminal acetylenes is 1. The van der Waals surface area contributed by atoms with Crippen molar-refractivity contribution in [1.29, 1.82) is 0 Å². The fourth-order valence-corrected chi connectivity index (χ4v) is 2.18. The zero-order valence-electron chi connectivity index (χ0n) is 10.3. The average Bonchev–Trinajstić information content (AvgIpc) is 2.41. The summed E-state index contributed by atoms with van der Waals surface area (Å²) in [6.07, 6.45) is 6.76. The lowest BCUT2D eigenvalue weighted by Gasteiger charge is -2.28. The predicted molar refractivity (Wildman–Crippen MR) is 75.9 cm³/mol. The highest BCUT2D eigenvalue weighted by Crippen LogP contribution is 2.26. The van der Waals surface area contributed by atoms with Gasteiger partial charge < -0.3 is 5.73 Å². The summed E-state index contributed by atoms with van der Waals surface area (Å²) in [7, 11) is 0. The van der Waals surface area contributed by atoms with Crippen molar-refractivity contribution in [3.05, 3.63) is 71.8 Å². The second kappa shape index (κ2) is 5.53. The highest BCUT2D eigenvalue weighted by atomic mass is 14.7. The maximum atomic E-state index is 6.52. The van der Waals surface area contributed by atoms with Crippen LogP contribution in [0.4, 0.5) is 0 Å². The molecule has 0 fully saturated rings. The molecule has 2 rings (SSSR count). The fraction of sp³-hybridized carbons (Fsp3) is 0.176. The lowest BCUT2D eigenvalue weighted by Crippen LogP contribution is -2.38. The van der Waals surface area contributed by atoms with Gasteiger partial charge in [-0.05, 0) is 17.5 Å². The van der Waals surface area contributed by atoms with Crippen molar-refractivity contribution in [1.82, 2.24) is 0 Å². The molecular weight excluding hydrogens is 218 g/mol. The van der Waals surface area contributed by atoms with Crippen LogP contribution >= 0.6 is 0 Å². The standard InChI is InChI=1S/C17H17N/c1-2-13-17(18,16-11-7-4-8-12-16)14-15-9-5-3-6-10-15/h1,3-12H,13-14,18H2. The van der Waals surface area contributed by atoms with Crippen molar-refractivity contribution in [2.45, 2.75) is 18.4 Å². The minimum absolute atomic E-state index is 0.489. The number of hydrogen-bond donors (Lipinski definition) is 1. The van der Waals surface area contributed by atoms with Gasteiger partial charge in [-0.25, -0.2) is 0 Å². The molecule has 0 aliphatic heterocycles. The Kier molecular flexibility index (Phi) is 3.82. The van der Waals surface area contributed by atoms with E-state index in [0.717, 1.165) is 12.0 Å². The van der Waals surface area contributed by atoms with E-state index in [0.29, 0.717) is 6.42 Å². The molecule has 0 amide bonds. The second-order valence-electron chi connectivity index (χ2n) is 4.57. The van der Waals surface area contributed by atoms with Crippen LogP contribution in [0, 0.1) is 12.3 Å². The molecule has 0 radical (unpaired) electrons. The van der Waals surface area contributed by atoms with Gasteiger partial charge in [0, 0.05) is 6.42 Å². The molecule has 0 aliphatic carbocycles. The van der Waals surface area contributed by atoms with Crippen LogP contribution in [-0.2, 0) is 12.0 Å². The van der Waals surface area contributed by atoms with E-state index in [2.05, 4.69) is 18.1 Å². The zero-order valence-corrected chi connectivity index (χ0v) is 10.3. The van der Waals surface area contributed by atoms with Crippen molar-refractivity contribution in [3.8, 4) is 12.3 Å². The number of nitrogens with two attached hydrogens (primary N) is 1. The molecule has 2 aromatic rings. The summed E-state index contributed by atoms with van der Waals surface area (Å²) in [5.41, 5.74) is 8.33. The summed E-state index contributed by atoms with van der Waals surface area (Å²) in [6.45, 7) is 0. The van der Waals surface area contributed by atoms with E-state index in [4.69, 9.17) is 12.2 Å². The Morgan fingerprint density at radius 3 is 2.06 bits per heavy atom. The first-order valence-electron chi connectivity index (χ1n) is 6.06. The first-order chi connectivity index (χ1) is 8.74. The monoisotopic (exact) mass is 235 g/mol. The molecule has 0 aliphatic rings.